The number of rotatable bonds is 5. The van der Waals surface area contributed by atoms with Crippen LogP contribution in [0.25, 0.3) is 0 Å². The molecule has 0 heterocycles. The Balaban J connectivity index is 1.50. The van der Waals surface area contributed by atoms with Crippen molar-refractivity contribution in [1.29, 1.82) is 0 Å². The number of fused-ring (bicyclic) bond motifs is 5. The summed E-state index contributed by atoms with van der Waals surface area (Å²) in [5.41, 5.74) is 3.86. The van der Waals surface area contributed by atoms with E-state index in [-0.39, 0.29) is 17.5 Å². The van der Waals surface area contributed by atoms with E-state index in [4.69, 9.17) is 4.74 Å². The minimum atomic E-state index is -0.126. The first-order valence-corrected chi connectivity index (χ1v) is 14.5. The molecule has 0 aromatic carbocycles. The highest BCUT2D eigenvalue weighted by molar-refractivity contribution is 5.66. The van der Waals surface area contributed by atoms with Gasteiger partial charge in [0.1, 0.15) is 6.10 Å². The molecular formula is C33H52O2. The second-order valence-electron chi connectivity index (χ2n) is 14.4. The Bertz CT molecular complexity index is 887. The van der Waals surface area contributed by atoms with Crippen molar-refractivity contribution < 1.29 is 9.53 Å². The fourth-order valence-electron chi connectivity index (χ4n) is 9.48. The van der Waals surface area contributed by atoms with Crippen molar-refractivity contribution in [2.45, 2.75) is 113 Å². The number of hydrogen-bond donors (Lipinski definition) is 0. The monoisotopic (exact) mass is 480 g/mol. The normalized spacial score (nSPS) is 40.8. The van der Waals surface area contributed by atoms with Crippen molar-refractivity contribution in [3.05, 3.63) is 36.0 Å². The average Bonchev–Trinajstić information content (AvgIpc) is 3.09. The first-order valence-electron chi connectivity index (χ1n) is 14.5. The molecule has 0 aromatic rings. The van der Waals surface area contributed by atoms with Gasteiger partial charge in [0, 0.05) is 19.3 Å². The third-order valence-corrected chi connectivity index (χ3v) is 11.2. The molecule has 0 bridgehead atoms. The van der Waals surface area contributed by atoms with Gasteiger partial charge in [-0.15, -0.1) is 0 Å². The second-order valence-corrected chi connectivity index (χ2v) is 14.4. The number of esters is 1. The lowest BCUT2D eigenvalue weighted by Gasteiger charge is -2.58. The number of allylic oxidation sites excluding steroid dienone is 4. The highest BCUT2D eigenvalue weighted by Gasteiger charge is 2.59. The van der Waals surface area contributed by atoms with Crippen LogP contribution in [0, 0.1) is 51.8 Å². The van der Waals surface area contributed by atoms with Crippen LogP contribution in [0.3, 0.4) is 0 Å². The van der Waals surface area contributed by atoms with Gasteiger partial charge < -0.3 is 4.74 Å². The molecule has 2 nitrogen and oxygen atoms in total. The van der Waals surface area contributed by atoms with Gasteiger partial charge in [-0.05, 0) is 97.7 Å². The maximum absolute atomic E-state index is 11.5. The Morgan fingerprint density at radius 1 is 1.09 bits per heavy atom. The van der Waals surface area contributed by atoms with E-state index >= 15 is 0 Å². The summed E-state index contributed by atoms with van der Waals surface area (Å²) < 4.78 is 5.63. The molecule has 4 rings (SSSR count). The summed E-state index contributed by atoms with van der Waals surface area (Å²) >= 11 is 0. The predicted octanol–water partition coefficient (Wildman–Crippen LogP) is 8.93. The molecule has 4 aliphatic rings. The van der Waals surface area contributed by atoms with Gasteiger partial charge in [-0.25, -0.2) is 0 Å². The molecule has 4 aliphatic carbocycles. The molecule has 0 N–H and O–H groups in total. The first-order chi connectivity index (χ1) is 16.3. The Labute approximate surface area is 216 Å². The minimum absolute atomic E-state index is 0.0943. The fourth-order valence-corrected chi connectivity index (χ4v) is 9.48. The largest absolute Gasteiger partial charge is 0.462 e. The number of ether oxygens (including phenoxy) is 1. The third-order valence-electron chi connectivity index (χ3n) is 11.2. The molecule has 0 spiro atoms. The summed E-state index contributed by atoms with van der Waals surface area (Å²) in [4.78, 5) is 11.5. The van der Waals surface area contributed by atoms with E-state index in [1.165, 1.54) is 44.1 Å². The SMILES string of the molecule is C=C(C)C(/C=C/[C@@H](C)[C@H]1CC[C@H]2[C@@H]3CC=C4C[C@@H](OC(C)=O)CC[C@]4(C)[C@H]3CC[C@]12C)C(C)(C)C. The van der Waals surface area contributed by atoms with E-state index < -0.39 is 0 Å². The third kappa shape index (κ3) is 4.85. The lowest BCUT2D eigenvalue weighted by atomic mass is 9.47. The summed E-state index contributed by atoms with van der Waals surface area (Å²) in [6, 6.07) is 0. The van der Waals surface area contributed by atoms with Gasteiger partial charge in [-0.1, -0.05) is 77.5 Å². The Kier molecular flexibility index (Phi) is 7.28. The molecule has 1 unspecified atom stereocenters. The summed E-state index contributed by atoms with van der Waals surface area (Å²) in [6.45, 7) is 22.7. The molecule has 2 heteroatoms. The van der Waals surface area contributed by atoms with Crippen LogP contribution in [-0.2, 0) is 9.53 Å². The van der Waals surface area contributed by atoms with E-state index in [1.807, 2.05) is 0 Å². The fraction of sp³-hybridized carbons (Fsp3) is 0.788. The molecule has 3 fully saturated rings. The van der Waals surface area contributed by atoms with Crippen LogP contribution in [0.1, 0.15) is 107 Å². The predicted molar refractivity (Wildman–Crippen MR) is 147 cm³/mol. The number of hydrogen-bond acceptors (Lipinski definition) is 2. The van der Waals surface area contributed by atoms with Crippen molar-refractivity contribution in [3.8, 4) is 0 Å². The van der Waals surface area contributed by atoms with Crippen LogP contribution in [0.4, 0.5) is 0 Å². The molecule has 0 saturated heterocycles. The topological polar surface area (TPSA) is 26.3 Å². The molecule has 196 valence electrons. The van der Waals surface area contributed by atoms with Crippen LogP contribution in [0.2, 0.25) is 0 Å². The van der Waals surface area contributed by atoms with Gasteiger partial charge in [0.15, 0.2) is 0 Å². The number of carbonyl (C=O) groups excluding carboxylic acids is 1. The zero-order valence-electron chi connectivity index (χ0n) is 24.0. The average molecular weight is 481 g/mol. The summed E-state index contributed by atoms with van der Waals surface area (Å²) in [6.07, 6.45) is 17.6. The van der Waals surface area contributed by atoms with Gasteiger partial charge in [-0.2, -0.15) is 0 Å². The van der Waals surface area contributed by atoms with Crippen LogP contribution in [0.15, 0.2) is 36.0 Å². The molecule has 0 amide bonds. The van der Waals surface area contributed by atoms with Crippen molar-refractivity contribution >= 4 is 5.97 Å². The Morgan fingerprint density at radius 2 is 1.80 bits per heavy atom. The van der Waals surface area contributed by atoms with Gasteiger partial charge in [0.05, 0.1) is 0 Å². The Morgan fingerprint density at radius 3 is 2.43 bits per heavy atom. The maximum Gasteiger partial charge on any atom is 0.302 e. The van der Waals surface area contributed by atoms with Crippen molar-refractivity contribution in [1.82, 2.24) is 0 Å². The summed E-state index contributed by atoms with van der Waals surface area (Å²) in [5, 5.41) is 0. The number of carbonyl (C=O) groups is 1. The molecule has 35 heavy (non-hydrogen) atoms. The van der Waals surface area contributed by atoms with Crippen molar-refractivity contribution in [2.24, 2.45) is 51.8 Å². The van der Waals surface area contributed by atoms with E-state index in [2.05, 4.69) is 73.3 Å². The molecule has 3 saturated carbocycles. The maximum atomic E-state index is 11.5. The lowest BCUT2D eigenvalue weighted by Crippen LogP contribution is -2.51. The van der Waals surface area contributed by atoms with Crippen molar-refractivity contribution in [3.63, 3.8) is 0 Å². The van der Waals surface area contributed by atoms with Gasteiger partial charge in [0.25, 0.3) is 0 Å². The van der Waals surface area contributed by atoms with Gasteiger partial charge in [0.2, 0.25) is 0 Å². The zero-order chi connectivity index (χ0) is 25.8. The summed E-state index contributed by atoms with van der Waals surface area (Å²) in [7, 11) is 0. The lowest BCUT2D eigenvalue weighted by molar-refractivity contribution is -0.148. The smallest absolute Gasteiger partial charge is 0.302 e. The molecular weight excluding hydrogens is 428 g/mol. The zero-order valence-corrected chi connectivity index (χ0v) is 24.0. The van der Waals surface area contributed by atoms with Crippen LogP contribution in [-0.4, -0.2) is 12.1 Å². The van der Waals surface area contributed by atoms with Crippen LogP contribution in [0.5, 0.6) is 0 Å². The molecule has 0 aromatic heterocycles. The highest BCUT2D eigenvalue weighted by atomic mass is 16.5. The quantitative estimate of drug-likeness (QED) is 0.290. The van der Waals surface area contributed by atoms with E-state index in [9.17, 15) is 4.79 Å². The second kappa shape index (κ2) is 9.53. The van der Waals surface area contributed by atoms with Gasteiger partial charge in [-0.3, -0.25) is 4.79 Å². The van der Waals surface area contributed by atoms with E-state index in [0.29, 0.717) is 22.7 Å². The van der Waals surface area contributed by atoms with Crippen LogP contribution >= 0.6 is 0 Å². The highest BCUT2D eigenvalue weighted by Crippen LogP contribution is 2.67. The Hall–Kier alpha value is -1.31. The molecule has 0 aliphatic heterocycles. The summed E-state index contributed by atoms with van der Waals surface area (Å²) in [5.74, 6) is 4.20. The molecule has 9 atom stereocenters. The minimum Gasteiger partial charge on any atom is -0.462 e. The van der Waals surface area contributed by atoms with Gasteiger partial charge >= 0.3 is 5.97 Å². The first kappa shape index (κ1) is 26.7. The molecule has 0 radical (unpaired) electrons. The standard InChI is InChI=1S/C33H52O2/c1-21(2)27(31(5,6)7)13-10-22(3)28-14-15-29-26-12-11-24-20-25(35-23(4)34)16-18-32(24,8)30(26)17-19-33(28,29)9/h10-11,13,22,25-30H,1,12,14-20H2,2-9H3/b13-10+/t22-,25+,26+,27?,28-,29+,30+,32+,33-/m1/s1. The van der Waals surface area contributed by atoms with E-state index in [0.717, 1.165) is 36.5 Å². The van der Waals surface area contributed by atoms with E-state index in [1.54, 1.807) is 12.5 Å². The van der Waals surface area contributed by atoms with Crippen LogP contribution < -0.4 is 0 Å². The van der Waals surface area contributed by atoms with Crippen molar-refractivity contribution in [2.75, 3.05) is 0 Å².